The average Bonchev–Trinajstić information content (AvgIpc) is 2.52. The van der Waals surface area contributed by atoms with Gasteiger partial charge in [0.2, 0.25) is 0 Å². The number of hydrogen-bond donors (Lipinski definition) is 0. The van der Waals surface area contributed by atoms with Crippen LogP contribution in [0.25, 0.3) is 0 Å². The van der Waals surface area contributed by atoms with E-state index in [1.807, 2.05) is 6.92 Å². The lowest BCUT2D eigenvalue weighted by Crippen LogP contribution is -2.35. The zero-order chi connectivity index (χ0) is 13.3. The first-order valence-electron chi connectivity index (χ1n) is 5.52. The van der Waals surface area contributed by atoms with Gasteiger partial charge in [-0.25, -0.2) is 9.29 Å². The molecule has 1 aromatic heterocycles. The summed E-state index contributed by atoms with van der Waals surface area (Å²) in [6.07, 6.45) is 2.18. The molecule has 7 heteroatoms. The second-order valence-corrected chi connectivity index (χ2v) is 5.74. The van der Waals surface area contributed by atoms with Crippen molar-refractivity contribution < 1.29 is 18.0 Å². The molecule has 2 heterocycles. The Morgan fingerprint density at radius 1 is 1.44 bits per heavy atom. The van der Waals surface area contributed by atoms with Crippen LogP contribution in [0.1, 0.15) is 30.1 Å². The number of sulfonamides is 1. The van der Waals surface area contributed by atoms with Gasteiger partial charge in [0.1, 0.15) is 0 Å². The van der Waals surface area contributed by atoms with Gasteiger partial charge < -0.3 is 0 Å². The summed E-state index contributed by atoms with van der Waals surface area (Å²) in [5, 5.41) is -0.265. The Bertz CT molecular complexity index is 609. The Morgan fingerprint density at radius 3 is 2.78 bits per heavy atom. The summed E-state index contributed by atoms with van der Waals surface area (Å²) >= 11 is 0. The Morgan fingerprint density at radius 2 is 2.17 bits per heavy atom. The molecule has 6 nitrogen and oxygen atoms in total. The number of carbonyl (C=O) groups is 2. The van der Waals surface area contributed by atoms with Crippen molar-refractivity contribution in [3.8, 4) is 0 Å². The number of amides is 1. The molecular weight excluding hydrogens is 256 g/mol. The van der Waals surface area contributed by atoms with Crippen LogP contribution in [-0.2, 0) is 14.8 Å². The van der Waals surface area contributed by atoms with Gasteiger partial charge in [-0.2, -0.15) is 8.42 Å². The minimum atomic E-state index is -3.96. The Balaban J connectivity index is 2.37. The van der Waals surface area contributed by atoms with Gasteiger partial charge in [0.05, 0.1) is 12.1 Å². The van der Waals surface area contributed by atoms with E-state index in [4.69, 9.17) is 0 Å². The van der Waals surface area contributed by atoms with Gasteiger partial charge in [-0.1, -0.05) is 6.92 Å². The van der Waals surface area contributed by atoms with Gasteiger partial charge in [-0.05, 0) is 18.6 Å². The Labute approximate surface area is 105 Å². The smallest absolute Gasteiger partial charge is 0.285 e. The van der Waals surface area contributed by atoms with Gasteiger partial charge in [-0.3, -0.25) is 9.59 Å². The van der Waals surface area contributed by atoms with E-state index < -0.39 is 22.5 Å². The number of carbonyl (C=O) groups excluding carboxylic acids is 2. The number of Topliss-reactive ketones (excluding diaryl/α,β-unsaturated/α-hetero) is 1. The van der Waals surface area contributed by atoms with Crippen LogP contribution < -0.4 is 0 Å². The normalized spacial score (nSPS) is 16.7. The molecule has 0 N–H and O–H groups in total. The van der Waals surface area contributed by atoms with Crippen LogP contribution in [0.15, 0.2) is 23.4 Å². The summed E-state index contributed by atoms with van der Waals surface area (Å²) in [4.78, 5) is 27.1. The lowest BCUT2D eigenvalue weighted by atomic mass is 10.2. The van der Waals surface area contributed by atoms with Crippen molar-refractivity contribution in [2.45, 2.75) is 24.8 Å². The number of fused-ring (bicyclic) bond motifs is 1. The zero-order valence-electron chi connectivity index (χ0n) is 9.79. The van der Waals surface area contributed by atoms with Crippen LogP contribution in [-0.4, -0.2) is 35.9 Å². The highest BCUT2D eigenvalue weighted by atomic mass is 32.2. The molecule has 2 rings (SSSR count). The number of nitrogens with zero attached hydrogens (tertiary/aromatic N) is 2. The Hall–Kier alpha value is -1.76. The molecule has 1 aromatic rings. The van der Waals surface area contributed by atoms with E-state index in [9.17, 15) is 18.0 Å². The highest BCUT2D eigenvalue weighted by molar-refractivity contribution is 7.90. The zero-order valence-corrected chi connectivity index (χ0v) is 10.6. The van der Waals surface area contributed by atoms with Crippen molar-refractivity contribution in [3.63, 3.8) is 0 Å². The first-order chi connectivity index (χ1) is 8.48. The third-order valence-electron chi connectivity index (χ3n) is 2.61. The van der Waals surface area contributed by atoms with Gasteiger partial charge in [0, 0.05) is 12.6 Å². The molecule has 0 fully saturated rings. The van der Waals surface area contributed by atoms with Gasteiger partial charge in [0.25, 0.3) is 15.9 Å². The molecule has 0 radical (unpaired) electrons. The number of rotatable bonds is 4. The molecule has 0 spiro atoms. The minimum absolute atomic E-state index is 0.0294. The molecule has 1 amide bonds. The third-order valence-corrected chi connectivity index (χ3v) is 4.30. The van der Waals surface area contributed by atoms with E-state index in [0.717, 1.165) is 0 Å². The number of ketones is 1. The van der Waals surface area contributed by atoms with Gasteiger partial charge in [-0.15, -0.1) is 0 Å². The topological polar surface area (TPSA) is 84.4 Å². The number of hydrogen-bond acceptors (Lipinski definition) is 5. The van der Waals surface area contributed by atoms with Crippen molar-refractivity contribution >= 4 is 21.7 Å². The maximum absolute atomic E-state index is 12.0. The highest BCUT2D eigenvalue weighted by Crippen LogP contribution is 2.27. The predicted octanol–water partition coefficient (Wildman–Crippen LogP) is 0.595. The van der Waals surface area contributed by atoms with E-state index in [0.29, 0.717) is 10.7 Å². The second kappa shape index (κ2) is 4.49. The molecule has 0 bridgehead atoms. The maximum atomic E-state index is 12.0. The molecule has 1 aliphatic heterocycles. The quantitative estimate of drug-likeness (QED) is 0.798. The van der Waals surface area contributed by atoms with E-state index in [1.54, 1.807) is 0 Å². The number of aromatic nitrogens is 1. The molecule has 0 saturated heterocycles. The second-order valence-electron chi connectivity index (χ2n) is 3.96. The summed E-state index contributed by atoms with van der Waals surface area (Å²) in [5.41, 5.74) is 0.0294. The largest absolute Gasteiger partial charge is 0.298 e. The summed E-state index contributed by atoms with van der Waals surface area (Å²) in [5.74, 6) is -0.954. The standard InChI is InChI=1S/C11H12N2O4S/c1-2-4-8(14)7-13-11(15)9-5-3-6-12-10(9)18(13,16)17/h3,5-6H,2,4,7H2,1H3. The predicted molar refractivity (Wildman–Crippen MR) is 62.4 cm³/mol. The first-order valence-corrected chi connectivity index (χ1v) is 6.96. The molecule has 0 saturated carbocycles. The van der Waals surface area contributed by atoms with Crippen molar-refractivity contribution in [2.24, 2.45) is 0 Å². The van der Waals surface area contributed by atoms with Crippen LogP contribution in [0.2, 0.25) is 0 Å². The monoisotopic (exact) mass is 268 g/mol. The van der Waals surface area contributed by atoms with Crippen LogP contribution in [0.4, 0.5) is 0 Å². The molecule has 0 unspecified atom stereocenters. The third kappa shape index (κ3) is 1.90. The summed E-state index contributed by atoms with van der Waals surface area (Å²) in [6.45, 7) is 1.40. The number of pyridine rings is 1. The minimum Gasteiger partial charge on any atom is -0.298 e. The van der Waals surface area contributed by atoms with E-state index >= 15 is 0 Å². The molecule has 1 aliphatic rings. The SMILES string of the molecule is CCCC(=O)CN1C(=O)c2cccnc2S1(=O)=O. The fraction of sp³-hybridized carbons (Fsp3) is 0.364. The fourth-order valence-electron chi connectivity index (χ4n) is 1.78. The average molecular weight is 268 g/mol. The molecule has 0 aliphatic carbocycles. The molecule has 0 atom stereocenters. The summed E-state index contributed by atoms with van der Waals surface area (Å²) in [7, 11) is -3.96. The van der Waals surface area contributed by atoms with Gasteiger partial charge >= 0.3 is 0 Å². The van der Waals surface area contributed by atoms with Crippen molar-refractivity contribution in [3.05, 3.63) is 23.9 Å². The molecule has 18 heavy (non-hydrogen) atoms. The van der Waals surface area contributed by atoms with Crippen molar-refractivity contribution in [2.75, 3.05) is 6.54 Å². The highest BCUT2D eigenvalue weighted by Gasteiger charge is 2.42. The van der Waals surface area contributed by atoms with Crippen LogP contribution in [0.3, 0.4) is 0 Å². The van der Waals surface area contributed by atoms with E-state index in [-0.39, 0.29) is 22.8 Å². The van der Waals surface area contributed by atoms with Crippen LogP contribution >= 0.6 is 0 Å². The summed E-state index contributed by atoms with van der Waals surface area (Å²) in [6, 6.07) is 2.89. The van der Waals surface area contributed by atoms with Crippen LogP contribution in [0, 0.1) is 0 Å². The van der Waals surface area contributed by atoms with Crippen molar-refractivity contribution in [1.29, 1.82) is 0 Å². The van der Waals surface area contributed by atoms with Crippen molar-refractivity contribution in [1.82, 2.24) is 9.29 Å². The van der Waals surface area contributed by atoms with Gasteiger partial charge in [0.15, 0.2) is 10.8 Å². The maximum Gasteiger partial charge on any atom is 0.285 e. The summed E-state index contributed by atoms with van der Waals surface area (Å²) < 4.78 is 24.6. The lowest BCUT2D eigenvalue weighted by Gasteiger charge is -2.13. The lowest BCUT2D eigenvalue weighted by molar-refractivity contribution is -0.119. The molecule has 96 valence electrons. The van der Waals surface area contributed by atoms with E-state index in [2.05, 4.69) is 4.98 Å². The molecular formula is C11H12N2O4S. The van der Waals surface area contributed by atoms with Crippen LogP contribution in [0.5, 0.6) is 0 Å². The van der Waals surface area contributed by atoms with E-state index in [1.165, 1.54) is 18.3 Å². The first kappa shape index (κ1) is 12.7. The fourth-order valence-corrected chi connectivity index (χ4v) is 3.25. The Kier molecular flexibility index (Phi) is 3.16. The molecule has 0 aromatic carbocycles.